The number of para-hydroxylation sites is 1. The Morgan fingerprint density at radius 3 is 2.16 bits per heavy atom. The third-order valence-corrected chi connectivity index (χ3v) is 11.6. The number of carbonyl (C=O) groups is 4. The summed E-state index contributed by atoms with van der Waals surface area (Å²) in [6, 6.07) is 31.0. The van der Waals surface area contributed by atoms with E-state index in [4.69, 9.17) is 4.74 Å². The van der Waals surface area contributed by atoms with Crippen LogP contribution < -0.4 is 9.64 Å². The molecule has 244 valence electrons. The second-order valence-corrected chi connectivity index (χ2v) is 14.0. The molecule has 3 aliphatic carbocycles. The van der Waals surface area contributed by atoms with Gasteiger partial charge in [-0.1, -0.05) is 90.5 Å². The number of fused-ring (bicyclic) bond motifs is 4. The summed E-state index contributed by atoms with van der Waals surface area (Å²) in [4.78, 5) is 59.9. The molecular formula is C41H32BrNO6. The van der Waals surface area contributed by atoms with Gasteiger partial charge in [0.25, 0.3) is 0 Å². The molecule has 0 spiro atoms. The first-order valence-corrected chi connectivity index (χ1v) is 17.2. The average Bonchev–Trinajstić information content (AvgIpc) is 3.40. The average molecular weight is 715 g/mol. The van der Waals surface area contributed by atoms with E-state index in [-0.39, 0.29) is 41.3 Å². The van der Waals surface area contributed by atoms with E-state index in [0.717, 1.165) is 5.57 Å². The molecule has 1 saturated carbocycles. The van der Waals surface area contributed by atoms with Crippen molar-refractivity contribution in [1.82, 2.24) is 0 Å². The molecule has 2 amide bonds. The van der Waals surface area contributed by atoms with Gasteiger partial charge >= 0.3 is 0 Å². The third-order valence-electron chi connectivity index (χ3n) is 11.0. The zero-order valence-corrected chi connectivity index (χ0v) is 28.2. The lowest BCUT2D eigenvalue weighted by Crippen LogP contribution is -2.58. The van der Waals surface area contributed by atoms with E-state index in [9.17, 15) is 14.7 Å². The van der Waals surface area contributed by atoms with Crippen LogP contribution in [0.1, 0.15) is 35.4 Å². The Morgan fingerprint density at radius 2 is 1.49 bits per heavy atom. The number of hydrogen-bond donors (Lipinski definition) is 1. The first-order valence-electron chi connectivity index (χ1n) is 16.4. The molecule has 1 aliphatic heterocycles. The van der Waals surface area contributed by atoms with E-state index in [2.05, 4.69) is 15.9 Å². The molecule has 4 aromatic carbocycles. The minimum absolute atomic E-state index is 0.0889. The van der Waals surface area contributed by atoms with Gasteiger partial charge in [-0.2, -0.15) is 0 Å². The fourth-order valence-electron chi connectivity index (χ4n) is 9.00. The summed E-state index contributed by atoms with van der Waals surface area (Å²) < 4.78 is 5.96. The van der Waals surface area contributed by atoms with Crippen molar-refractivity contribution in [3.63, 3.8) is 0 Å². The SMILES string of the molecule is COc1cc(C2C3=CCC4C(=O)N(c5ccccc5)C(=O)C4C3CC3C(=O)C(c4ccccc4)=CC(=O)C32c2ccccc2)cc(Br)c1O. The maximum atomic E-state index is 15.1. The van der Waals surface area contributed by atoms with Gasteiger partial charge in [-0.3, -0.25) is 24.1 Å². The predicted octanol–water partition coefficient (Wildman–Crippen LogP) is 7.19. The predicted molar refractivity (Wildman–Crippen MR) is 188 cm³/mol. The van der Waals surface area contributed by atoms with Crippen LogP contribution in [-0.4, -0.2) is 35.6 Å². The van der Waals surface area contributed by atoms with Crippen LogP contribution in [0.5, 0.6) is 11.5 Å². The molecule has 4 aliphatic rings. The summed E-state index contributed by atoms with van der Waals surface area (Å²) in [5.74, 6) is -4.19. The van der Waals surface area contributed by atoms with E-state index in [1.165, 1.54) is 18.1 Å². The molecule has 7 nitrogen and oxygen atoms in total. The molecule has 2 fully saturated rings. The second kappa shape index (κ2) is 11.8. The molecule has 0 aromatic heterocycles. The summed E-state index contributed by atoms with van der Waals surface area (Å²) >= 11 is 3.50. The number of halogens is 1. The maximum absolute atomic E-state index is 15.1. The molecule has 4 aromatic rings. The first-order chi connectivity index (χ1) is 23.8. The van der Waals surface area contributed by atoms with E-state index in [1.807, 2.05) is 72.8 Å². The Morgan fingerprint density at radius 1 is 0.837 bits per heavy atom. The van der Waals surface area contributed by atoms with E-state index in [0.29, 0.717) is 38.8 Å². The lowest BCUT2D eigenvalue weighted by atomic mass is 9.44. The fourth-order valence-corrected chi connectivity index (χ4v) is 9.46. The molecule has 49 heavy (non-hydrogen) atoms. The van der Waals surface area contributed by atoms with Gasteiger partial charge in [0, 0.05) is 17.4 Å². The fraction of sp³-hybridized carbons (Fsp3) is 0.220. The quantitative estimate of drug-likeness (QED) is 0.174. The number of aromatic hydroxyl groups is 1. The maximum Gasteiger partial charge on any atom is 0.238 e. The zero-order valence-electron chi connectivity index (χ0n) is 26.6. The number of carbonyl (C=O) groups excluding carboxylic acids is 4. The summed E-state index contributed by atoms with van der Waals surface area (Å²) in [5.41, 5.74) is 2.32. The minimum atomic E-state index is -1.38. The molecule has 1 N–H and O–H groups in total. The Kier molecular flexibility index (Phi) is 7.52. The summed E-state index contributed by atoms with van der Waals surface area (Å²) in [7, 11) is 1.46. The Balaban J connectivity index is 1.39. The first kappa shape index (κ1) is 31.2. The third kappa shape index (κ3) is 4.53. The van der Waals surface area contributed by atoms with Crippen molar-refractivity contribution in [1.29, 1.82) is 0 Å². The van der Waals surface area contributed by atoms with E-state index >= 15 is 9.59 Å². The van der Waals surface area contributed by atoms with Crippen LogP contribution in [0.15, 0.2) is 125 Å². The van der Waals surface area contributed by atoms with Crippen LogP contribution in [0.3, 0.4) is 0 Å². The summed E-state index contributed by atoms with van der Waals surface area (Å²) in [6.07, 6.45) is 4.05. The van der Waals surface area contributed by atoms with Gasteiger partial charge in [0.1, 0.15) is 0 Å². The Bertz CT molecular complexity index is 2090. The number of ketones is 2. The number of methoxy groups -OCH3 is 1. The lowest BCUT2D eigenvalue weighted by molar-refractivity contribution is -0.135. The van der Waals surface area contributed by atoms with Crippen LogP contribution in [0.4, 0.5) is 5.69 Å². The number of phenolic OH excluding ortho intramolecular Hbond substituents is 1. The van der Waals surface area contributed by atoms with Crippen LogP contribution in [0, 0.1) is 23.7 Å². The molecule has 0 bridgehead atoms. The van der Waals surface area contributed by atoms with Crippen molar-refractivity contribution >= 4 is 50.6 Å². The summed E-state index contributed by atoms with van der Waals surface area (Å²) in [5, 5.41) is 10.8. The number of hydrogen-bond acceptors (Lipinski definition) is 6. The molecule has 8 rings (SSSR count). The number of nitrogens with zero attached hydrogens (tertiary/aromatic N) is 1. The van der Waals surface area contributed by atoms with Crippen molar-refractivity contribution in [2.45, 2.75) is 24.2 Å². The molecule has 1 heterocycles. The molecule has 6 unspecified atom stereocenters. The van der Waals surface area contributed by atoms with Gasteiger partial charge in [-0.25, -0.2) is 0 Å². The van der Waals surface area contributed by atoms with Crippen molar-refractivity contribution in [2.24, 2.45) is 23.7 Å². The molecule has 0 radical (unpaired) electrons. The molecule has 1 saturated heterocycles. The van der Waals surface area contributed by atoms with Crippen molar-refractivity contribution in [3.05, 3.63) is 142 Å². The Hall–Kier alpha value is -5.08. The van der Waals surface area contributed by atoms with E-state index < -0.39 is 35.0 Å². The van der Waals surface area contributed by atoms with Gasteiger partial charge < -0.3 is 9.84 Å². The number of imide groups is 1. The highest BCUT2D eigenvalue weighted by Gasteiger charge is 2.66. The van der Waals surface area contributed by atoms with Crippen LogP contribution in [0.2, 0.25) is 0 Å². The number of anilines is 1. The highest BCUT2D eigenvalue weighted by molar-refractivity contribution is 9.10. The van der Waals surface area contributed by atoms with Crippen LogP contribution >= 0.6 is 15.9 Å². The topological polar surface area (TPSA) is 101 Å². The molecule has 6 atom stereocenters. The van der Waals surface area contributed by atoms with Gasteiger partial charge in [0.15, 0.2) is 23.1 Å². The monoisotopic (exact) mass is 713 g/mol. The minimum Gasteiger partial charge on any atom is -0.503 e. The van der Waals surface area contributed by atoms with Crippen molar-refractivity contribution in [2.75, 3.05) is 12.0 Å². The normalized spacial score (nSPS) is 27.6. The number of Topliss-reactive ketones (excluding diaryl/α,β-unsaturated/α-hetero) is 1. The largest absolute Gasteiger partial charge is 0.503 e. The van der Waals surface area contributed by atoms with Crippen LogP contribution in [0.25, 0.3) is 5.57 Å². The van der Waals surface area contributed by atoms with Crippen LogP contribution in [-0.2, 0) is 24.6 Å². The number of benzene rings is 4. The number of ether oxygens (including phenoxy) is 1. The van der Waals surface area contributed by atoms with Crippen molar-refractivity contribution in [3.8, 4) is 11.5 Å². The molecule has 8 heteroatoms. The zero-order chi connectivity index (χ0) is 34.0. The van der Waals surface area contributed by atoms with Gasteiger partial charge in [-0.05, 0) is 81.7 Å². The summed E-state index contributed by atoms with van der Waals surface area (Å²) in [6.45, 7) is 0. The van der Waals surface area contributed by atoms with Crippen molar-refractivity contribution < 1.29 is 29.0 Å². The Labute approximate surface area is 292 Å². The number of rotatable bonds is 5. The highest BCUT2D eigenvalue weighted by Crippen LogP contribution is 2.64. The number of amides is 2. The van der Waals surface area contributed by atoms with E-state index in [1.54, 1.807) is 36.4 Å². The van der Waals surface area contributed by atoms with Gasteiger partial charge in [0.2, 0.25) is 11.8 Å². The standard InChI is InChI=1S/C41H32BrNO6/c1-49-33-20-24(19-32(42)38(33)46)36-27-17-18-28-35(40(48)43(39(28)47)26-15-9-4-10-16-26)30(27)21-31-37(45)29(23-11-5-2-6-12-23)22-34(44)41(31,36)25-13-7-3-8-14-25/h2-17,19-20,22,28,30-31,35-36,46H,18,21H2,1H3. The second-order valence-electron chi connectivity index (χ2n) is 13.2. The molecular weight excluding hydrogens is 682 g/mol. The smallest absolute Gasteiger partial charge is 0.238 e. The highest BCUT2D eigenvalue weighted by atomic mass is 79.9. The number of phenols is 1. The lowest BCUT2D eigenvalue weighted by Gasteiger charge is -2.55. The van der Waals surface area contributed by atoms with Gasteiger partial charge in [-0.15, -0.1) is 0 Å². The van der Waals surface area contributed by atoms with Gasteiger partial charge in [0.05, 0.1) is 34.5 Å². The number of allylic oxidation sites excluding steroid dienone is 4.